The van der Waals surface area contributed by atoms with Gasteiger partial charge in [0.1, 0.15) is 0 Å². The Bertz CT molecular complexity index is 569. The van der Waals surface area contributed by atoms with E-state index in [9.17, 15) is 4.79 Å². The maximum atomic E-state index is 11.0. The maximum Gasteiger partial charge on any atom is 0.221 e. The molecule has 2 N–H and O–H groups in total. The molecule has 1 heterocycles. The number of hydrogen-bond donors (Lipinski definition) is 2. The van der Waals surface area contributed by atoms with E-state index in [-0.39, 0.29) is 5.91 Å². The number of aryl methyl sites for hydroxylation is 1. The Morgan fingerprint density at radius 2 is 2.16 bits per heavy atom. The fraction of sp³-hybridized carbons (Fsp3) is 0.214. The van der Waals surface area contributed by atoms with Crippen molar-refractivity contribution in [2.45, 2.75) is 20.4 Å². The number of hydrogen-bond acceptors (Lipinski definition) is 4. The first-order valence-electron chi connectivity index (χ1n) is 6.02. The number of nitrogens with one attached hydrogen (secondary N) is 2. The van der Waals surface area contributed by atoms with E-state index in [1.165, 1.54) is 6.92 Å². The van der Waals surface area contributed by atoms with E-state index in [1.54, 1.807) is 18.6 Å². The summed E-state index contributed by atoms with van der Waals surface area (Å²) in [5.74, 6) is -0.0663. The zero-order valence-corrected chi connectivity index (χ0v) is 11.0. The van der Waals surface area contributed by atoms with Crippen molar-refractivity contribution in [1.29, 1.82) is 0 Å². The van der Waals surface area contributed by atoms with Crippen LogP contribution >= 0.6 is 0 Å². The molecule has 0 spiro atoms. The standard InChI is InChI=1S/C14H16N4O/c1-10-7-12(3-4-14(10)18-11(2)19)17-9-13-8-15-5-6-16-13/h3-8,17H,9H2,1-2H3,(H,18,19). The molecule has 5 nitrogen and oxygen atoms in total. The number of carbonyl (C=O) groups excluding carboxylic acids is 1. The zero-order chi connectivity index (χ0) is 13.7. The summed E-state index contributed by atoms with van der Waals surface area (Å²) in [6, 6.07) is 5.80. The number of aromatic nitrogens is 2. The highest BCUT2D eigenvalue weighted by atomic mass is 16.1. The van der Waals surface area contributed by atoms with Crippen LogP contribution in [0.25, 0.3) is 0 Å². The average Bonchev–Trinajstić information content (AvgIpc) is 2.40. The van der Waals surface area contributed by atoms with Gasteiger partial charge in [-0.3, -0.25) is 14.8 Å². The molecular weight excluding hydrogens is 240 g/mol. The van der Waals surface area contributed by atoms with Crippen molar-refractivity contribution in [3.05, 3.63) is 48.0 Å². The van der Waals surface area contributed by atoms with E-state index >= 15 is 0 Å². The van der Waals surface area contributed by atoms with Crippen molar-refractivity contribution in [2.24, 2.45) is 0 Å². The van der Waals surface area contributed by atoms with Crippen molar-refractivity contribution >= 4 is 17.3 Å². The predicted octanol–water partition coefficient (Wildman–Crippen LogP) is 2.36. The maximum absolute atomic E-state index is 11.0. The third-order valence-corrected chi connectivity index (χ3v) is 2.63. The summed E-state index contributed by atoms with van der Waals surface area (Å²) < 4.78 is 0. The molecule has 0 bridgehead atoms. The van der Waals surface area contributed by atoms with Crippen LogP contribution in [0.15, 0.2) is 36.8 Å². The molecule has 0 atom stereocenters. The summed E-state index contributed by atoms with van der Waals surface area (Å²) in [7, 11) is 0. The lowest BCUT2D eigenvalue weighted by molar-refractivity contribution is -0.114. The molecule has 0 unspecified atom stereocenters. The van der Waals surface area contributed by atoms with Gasteiger partial charge in [-0.1, -0.05) is 0 Å². The largest absolute Gasteiger partial charge is 0.379 e. The van der Waals surface area contributed by atoms with E-state index in [2.05, 4.69) is 20.6 Å². The van der Waals surface area contributed by atoms with Gasteiger partial charge in [-0.15, -0.1) is 0 Å². The first-order chi connectivity index (χ1) is 9.15. The Morgan fingerprint density at radius 3 is 2.79 bits per heavy atom. The molecule has 0 radical (unpaired) electrons. The minimum atomic E-state index is -0.0663. The van der Waals surface area contributed by atoms with Gasteiger partial charge in [0.2, 0.25) is 5.91 Å². The van der Waals surface area contributed by atoms with Crippen molar-refractivity contribution in [3.63, 3.8) is 0 Å². The van der Waals surface area contributed by atoms with Crippen molar-refractivity contribution in [1.82, 2.24) is 9.97 Å². The topological polar surface area (TPSA) is 66.9 Å². The van der Waals surface area contributed by atoms with Gasteiger partial charge in [0.15, 0.2) is 0 Å². The van der Waals surface area contributed by atoms with Crippen LogP contribution in [0.3, 0.4) is 0 Å². The van der Waals surface area contributed by atoms with Crippen LogP contribution in [0, 0.1) is 6.92 Å². The summed E-state index contributed by atoms with van der Waals surface area (Å²) in [6.07, 6.45) is 5.05. The quantitative estimate of drug-likeness (QED) is 0.881. The normalized spacial score (nSPS) is 10.0. The Hall–Kier alpha value is -2.43. The van der Waals surface area contributed by atoms with Crippen LogP contribution in [-0.2, 0) is 11.3 Å². The van der Waals surface area contributed by atoms with Crippen LogP contribution < -0.4 is 10.6 Å². The summed E-state index contributed by atoms with van der Waals surface area (Å²) in [6.45, 7) is 4.07. The Kier molecular flexibility index (Phi) is 4.07. The first-order valence-corrected chi connectivity index (χ1v) is 6.02. The number of carbonyl (C=O) groups is 1. The highest BCUT2D eigenvalue weighted by molar-refractivity contribution is 5.89. The zero-order valence-electron chi connectivity index (χ0n) is 11.0. The fourth-order valence-electron chi connectivity index (χ4n) is 1.72. The molecule has 0 aliphatic rings. The van der Waals surface area contributed by atoms with Crippen LogP contribution in [-0.4, -0.2) is 15.9 Å². The fourth-order valence-corrected chi connectivity index (χ4v) is 1.72. The van der Waals surface area contributed by atoms with Crippen molar-refractivity contribution < 1.29 is 4.79 Å². The molecule has 2 rings (SSSR count). The molecule has 98 valence electrons. The van der Waals surface area contributed by atoms with Crippen molar-refractivity contribution in [3.8, 4) is 0 Å². The van der Waals surface area contributed by atoms with Crippen LogP contribution in [0.5, 0.6) is 0 Å². The molecule has 0 fully saturated rings. The summed E-state index contributed by atoms with van der Waals surface area (Å²) in [4.78, 5) is 19.2. The SMILES string of the molecule is CC(=O)Nc1ccc(NCc2cnccn2)cc1C. The lowest BCUT2D eigenvalue weighted by atomic mass is 10.1. The predicted molar refractivity (Wildman–Crippen MR) is 74.8 cm³/mol. The van der Waals surface area contributed by atoms with Gasteiger partial charge in [-0.05, 0) is 30.7 Å². The van der Waals surface area contributed by atoms with Crippen LogP contribution in [0.4, 0.5) is 11.4 Å². The minimum absolute atomic E-state index is 0.0663. The molecule has 1 aromatic carbocycles. The highest BCUT2D eigenvalue weighted by Gasteiger charge is 2.02. The minimum Gasteiger partial charge on any atom is -0.379 e. The number of amides is 1. The molecule has 0 aliphatic heterocycles. The third-order valence-electron chi connectivity index (χ3n) is 2.63. The molecule has 1 amide bonds. The molecule has 0 aliphatic carbocycles. The third kappa shape index (κ3) is 3.77. The second kappa shape index (κ2) is 5.95. The van der Waals surface area contributed by atoms with Gasteiger partial charge >= 0.3 is 0 Å². The Labute approximate surface area is 112 Å². The monoisotopic (exact) mass is 256 g/mol. The van der Waals surface area contributed by atoms with Gasteiger partial charge in [0, 0.05) is 30.7 Å². The first kappa shape index (κ1) is 13.0. The summed E-state index contributed by atoms with van der Waals surface area (Å²) in [5.41, 5.74) is 3.71. The number of benzene rings is 1. The Morgan fingerprint density at radius 1 is 1.32 bits per heavy atom. The van der Waals surface area contributed by atoms with E-state index in [0.717, 1.165) is 22.6 Å². The lowest BCUT2D eigenvalue weighted by Crippen LogP contribution is -2.07. The molecule has 0 saturated carbocycles. The molecule has 5 heteroatoms. The van der Waals surface area contributed by atoms with E-state index in [1.807, 2.05) is 25.1 Å². The lowest BCUT2D eigenvalue weighted by Gasteiger charge is -2.10. The number of anilines is 2. The van der Waals surface area contributed by atoms with Crippen LogP contribution in [0.2, 0.25) is 0 Å². The van der Waals surface area contributed by atoms with Gasteiger partial charge < -0.3 is 10.6 Å². The van der Waals surface area contributed by atoms with Crippen molar-refractivity contribution in [2.75, 3.05) is 10.6 Å². The van der Waals surface area contributed by atoms with Gasteiger partial charge in [0.05, 0.1) is 18.4 Å². The molecule has 19 heavy (non-hydrogen) atoms. The van der Waals surface area contributed by atoms with E-state index < -0.39 is 0 Å². The molecule has 1 aromatic heterocycles. The second-order valence-electron chi connectivity index (χ2n) is 4.26. The molecule has 2 aromatic rings. The van der Waals surface area contributed by atoms with Gasteiger partial charge in [-0.25, -0.2) is 0 Å². The number of nitrogens with zero attached hydrogens (tertiary/aromatic N) is 2. The van der Waals surface area contributed by atoms with E-state index in [0.29, 0.717) is 6.54 Å². The molecule has 0 saturated heterocycles. The Balaban J connectivity index is 2.02. The van der Waals surface area contributed by atoms with E-state index in [4.69, 9.17) is 0 Å². The second-order valence-corrected chi connectivity index (χ2v) is 4.26. The van der Waals surface area contributed by atoms with Crippen LogP contribution in [0.1, 0.15) is 18.2 Å². The van der Waals surface area contributed by atoms with Gasteiger partial charge in [-0.2, -0.15) is 0 Å². The summed E-state index contributed by atoms with van der Waals surface area (Å²) in [5, 5.41) is 6.05. The smallest absolute Gasteiger partial charge is 0.221 e. The molecular formula is C14H16N4O. The number of rotatable bonds is 4. The van der Waals surface area contributed by atoms with Gasteiger partial charge in [0.25, 0.3) is 0 Å². The average molecular weight is 256 g/mol. The summed E-state index contributed by atoms with van der Waals surface area (Å²) >= 11 is 0. The highest BCUT2D eigenvalue weighted by Crippen LogP contribution is 2.19.